The van der Waals surface area contributed by atoms with E-state index in [9.17, 15) is 32.0 Å². The quantitative estimate of drug-likeness (QED) is 0.260. The highest BCUT2D eigenvalue weighted by Crippen LogP contribution is 2.58. The fourth-order valence-electron chi connectivity index (χ4n) is 8.13. The summed E-state index contributed by atoms with van der Waals surface area (Å²) in [6.07, 6.45) is 6.65. The number of alkyl halides is 1. The largest absolute Gasteiger partial charge is 0.497 e. The van der Waals surface area contributed by atoms with Gasteiger partial charge in [-0.25, -0.2) is 22.8 Å². The minimum atomic E-state index is -4.34. The highest BCUT2D eigenvalue weighted by Gasteiger charge is 2.63. The van der Waals surface area contributed by atoms with Crippen molar-refractivity contribution in [2.75, 3.05) is 20.3 Å². The summed E-state index contributed by atoms with van der Waals surface area (Å²) in [5.41, 5.74) is -1.03. The van der Waals surface area contributed by atoms with Crippen LogP contribution in [0.5, 0.6) is 11.6 Å². The third-order valence-electron chi connectivity index (χ3n) is 11.6. The molecule has 1 saturated heterocycles. The fourth-order valence-corrected chi connectivity index (χ4v) is 9.58. The molecule has 13 nitrogen and oxygen atoms in total. The average molecular weight is 785 g/mol. The second-order valence-corrected chi connectivity index (χ2v) is 19.2. The van der Waals surface area contributed by atoms with E-state index < -0.39 is 80.0 Å². The third-order valence-corrected chi connectivity index (χ3v) is 13.7. The number of fused-ring (bicyclic) bond motifs is 3. The lowest BCUT2D eigenvalue weighted by Gasteiger charge is -2.32. The van der Waals surface area contributed by atoms with Crippen molar-refractivity contribution in [3.05, 3.63) is 36.5 Å². The number of esters is 1. The summed E-state index contributed by atoms with van der Waals surface area (Å²) in [4.78, 5) is 67.0. The summed E-state index contributed by atoms with van der Waals surface area (Å²) >= 11 is 0. The van der Waals surface area contributed by atoms with Crippen LogP contribution in [0.2, 0.25) is 0 Å². The van der Waals surface area contributed by atoms with Gasteiger partial charge < -0.3 is 19.1 Å². The van der Waals surface area contributed by atoms with E-state index in [2.05, 4.69) is 21.6 Å². The van der Waals surface area contributed by atoms with Crippen molar-refractivity contribution in [3.63, 3.8) is 0 Å². The molecule has 55 heavy (non-hydrogen) atoms. The smallest absolute Gasteiger partial charge is 0.307 e. The maximum absolute atomic E-state index is 14.8. The molecule has 15 heteroatoms. The number of allylic oxidation sites excluding steroid dienone is 2. The first-order chi connectivity index (χ1) is 25.9. The number of rotatable bonds is 9. The van der Waals surface area contributed by atoms with Crippen molar-refractivity contribution >= 4 is 44.6 Å². The van der Waals surface area contributed by atoms with Crippen LogP contribution < -0.4 is 14.2 Å². The minimum Gasteiger partial charge on any atom is -0.497 e. The van der Waals surface area contributed by atoms with E-state index in [1.165, 1.54) is 11.1 Å². The Kier molecular flexibility index (Phi) is 11.4. The number of hydrogen-bond donors (Lipinski definition) is 1. The number of Topliss-reactive ketones (excluding diaryl/α,β-unsaturated/α-hetero) is 1. The number of methoxy groups -OCH3 is 1. The monoisotopic (exact) mass is 784 g/mol. The van der Waals surface area contributed by atoms with Gasteiger partial charge in [0, 0.05) is 18.9 Å². The molecule has 2 aliphatic heterocycles. The van der Waals surface area contributed by atoms with E-state index in [0.717, 1.165) is 6.42 Å². The summed E-state index contributed by atoms with van der Waals surface area (Å²) in [5.74, 6) is -2.75. The lowest BCUT2D eigenvalue weighted by Crippen LogP contribution is -2.48. The second-order valence-electron chi connectivity index (χ2n) is 17.1. The van der Waals surface area contributed by atoms with Gasteiger partial charge in [-0.05, 0) is 89.2 Å². The van der Waals surface area contributed by atoms with E-state index in [0.29, 0.717) is 29.6 Å². The molecule has 2 aliphatic carbocycles. The average Bonchev–Trinajstić information content (AvgIpc) is 4.02. The van der Waals surface area contributed by atoms with Crippen molar-refractivity contribution in [2.45, 2.75) is 115 Å². The Morgan fingerprint density at radius 2 is 1.85 bits per heavy atom. The van der Waals surface area contributed by atoms with Gasteiger partial charge in [0.15, 0.2) is 5.78 Å². The summed E-state index contributed by atoms with van der Waals surface area (Å²) in [6, 6.07) is 4.20. The third kappa shape index (κ3) is 8.81. The number of nitrogens with one attached hydrogen (secondary N) is 1. The summed E-state index contributed by atoms with van der Waals surface area (Å²) < 4.78 is 58.0. The molecule has 6 rings (SSSR count). The number of ether oxygens (including phenoxy) is 3. The van der Waals surface area contributed by atoms with Gasteiger partial charge in [0.05, 0.1) is 54.7 Å². The number of ketones is 1. The number of hydrogen-bond acceptors (Lipinski definition) is 11. The molecule has 3 heterocycles. The maximum Gasteiger partial charge on any atom is 0.307 e. The highest BCUT2D eigenvalue weighted by atomic mass is 32.2. The molecule has 0 unspecified atom stereocenters. The molecule has 0 radical (unpaired) electrons. The second kappa shape index (κ2) is 15.4. The van der Waals surface area contributed by atoms with Crippen LogP contribution in [-0.4, -0.2) is 89.7 Å². The normalized spacial score (nSPS) is 30.3. The molecule has 2 amide bonds. The van der Waals surface area contributed by atoms with E-state index in [1.54, 1.807) is 46.1 Å². The molecular weight excluding hydrogens is 732 g/mol. The zero-order valence-electron chi connectivity index (χ0n) is 32.5. The first-order valence-corrected chi connectivity index (χ1v) is 20.7. The standard InChI is InChI=1S/C40H53FN4O9S/c1-24-9-7-8-10-26-19-40(26,37(49)44-55(50,51)39(23-41)13-14-39)20-33(46)32-17-28(53-34-21-42-30-12-11-27(52-6)16-31(30)43-34)22-45(32)36(48)29(25(2)15-24)18-35(47)54-38(3,4)5/h8,10-12,16,21,24-26,28-29,32H,7,9,13-15,17-20,22-23H2,1-6H3,(H,44,49)/b10-8-/t24-,25-,26-,28-,29+,32+,40-/m1/s1. The van der Waals surface area contributed by atoms with E-state index in [-0.39, 0.29) is 62.8 Å². The molecule has 1 N–H and O–H groups in total. The predicted molar refractivity (Wildman–Crippen MR) is 201 cm³/mol. The molecule has 3 fully saturated rings. The molecular formula is C40H53FN4O9S. The van der Waals surface area contributed by atoms with Gasteiger partial charge in [-0.1, -0.05) is 26.0 Å². The minimum absolute atomic E-state index is 0.00388. The van der Waals surface area contributed by atoms with Crippen molar-refractivity contribution in [3.8, 4) is 11.6 Å². The SMILES string of the molecule is COc1ccc2ncc(O[C@@H]3C[C@H]4C(=O)C[C@]5(C(=O)NS(=O)(=O)C6(CF)CC6)C[C@H]5/C=C\CC[C@@H](C)C[C@@H](C)[C@H](CC(=O)OC(C)(C)C)C(=O)N4C3)nc2c1. The Balaban J connectivity index is 1.33. The molecule has 1 aromatic carbocycles. The molecule has 2 aromatic rings. The Labute approximate surface area is 322 Å². The molecule has 0 spiro atoms. The lowest BCUT2D eigenvalue weighted by atomic mass is 9.82. The van der Waals surface area contributed by atoms with Crippen LogP contribution in [-0.2, 0) is 33.9 Å². The van der Waals surface area contributed by atoms with Gasteiger partial charge in [-0.2, -0.15) is 0 Å². The van der Waals surface area contributed by atoms with E-state index in [1.807, 2.05) is 19.1 Å². The van der Waals surface area contributed by atoms with Crippen molar-refractivity contribution < 1.29 is 46.2 Å². The molecule has 7 atom stereocenters. The number of halogens is 1. The first kappa shape index (κ1) is 40.5. The van der Waals surface area contributed by atoms with Gasteiger partial charge in [0.2, 0.25) is 27.7 Å². The maximum atomic E-state index is 14.8. The number of amides is 2. The number of aromatic nitrogens is 2. The Morgan fingerprint density at radius 3 is 2.53 bits per heavy atom. The van der Waals surface area contributed by atoms with Crippen LogP contribution in [0.3, 0.4) is 0 Å². The first-order valence-electron chi connectivity index (χ1n) is 19.2. The van der Waals surface area contributed by atoms with Crippen LogP contribution in [0.15, 0.2) is 36.5 Å². The summed E-state index contributed by atoms with van der Waals surface area (Å²) in [7, 11) is -2.79. The van der Waals surface area contributed by atoms with Crippen LogP contribution in [0.4, 0.5) is 4.39 Å². The van der Waals surface area contributed by atoms with Crippen LogP contribution >= 0.6 is 0 Å². The van der Waals surface area contributed by atoms with E-state index in [4.69, 9.17) is 14.2 Å². The fraction of sp³-hybridized carbons (Fsp3) is 0.650. The lowest BCUT2D eigenvalue weighted by molar-refractivity contribution is -0.160. The van der Waals surface area contributed by atoms with E-state index >= 15 is 0 Å². The van der Waals surface area contributed by atoms with Crippen molar-refractivity contribution in [1.29, 1.82) is 0 Å². The Bertz CT molecular complexity index is 1960. The molecule has 4 aliphatic rings. The van der Waals surface area contributed by atoms with Crippen LogP contribution in [0.25, 0.3) is 11.0 Å². The highest BCUT2D eigenvalue weighted by molar-refractivity contribution is 7.91. The number of sulfonamides is 1. The topological polar surface area (TPSA) is 171 Å². The van der Waals surface area contributed by atoms with Crippen molar-refractivity contribution in [2.24, 2.45) is 29.1 Å². The van der Waals surface area contributed by atoms with Crippen LogP contribution in [0, 0.1) is 29.1 Å². The van der Waals surface area contributed by atoms with Gasteiger partial charge in [0.1, 0.15) is 28.9 Å². The number of nitrogens with zero attached hydrogens (tertiary/aromatic N) is 3. The summed E-state index contributed by atoms with van der Waals surface area (Å²) in [6.45, 7) is 8.19. The zero-order chi connectivity index (χ0) is 39.9. The van der Waals surface area contributed by atoms with Crippen molar-refractivity contribution in [1.82, 2.24) is 19.6 Å². The van der Waals surface area contributed by atoms with Gasteiger partial charge >= 0.3 is 5.97 Å². The zero-order valence-corrected chi connectivity index (χ0v) is 33.3. The van der Waals surface area contributed by atoms with Gasteiger partial charge in [-0.3, -0.25) is 23.9 Å². The Morgan fingerprint density at radius 1 is 1.11 bits per heavy atom. The van der Waals surface area contributed by atoms with Gasteiger partial charge in [0.25, 0.3) is 0 Å². The predicted octanol–water partition coefficient (Wildman–Crippen LogP) is 5.26. The molecule has 1 aromatic heterocycles. The molecule has 2 saturated carbocycles. The van der Waals surface area contributed by atoms with Crippen LogP contribution in [0.1, 0.15) is 92.4 Å². The summed E-state index contributed by atoms with van der Waals surface area (Å²) in [5, 5.41) is 0. The Hall–Kier alpha value is -4.14. The number of carbonyl (C=O) groups excluding carboxylic acids is 4. The number of carbonyl (C=O) groups is 4. The number of benzene rings is 1. The molecule has 300 valence electrons. The molecule has 0 bridgehead atoms. The van der Waals surface area contributed by atoms with Gasteiger partial charge in [-0.15, -0.1) is 0 Å².